The number of benzene rings is 2. The first-order valence-corrected chi connectivity index (χ1v) is 10.8. The van der Waals surface area contributed by atoms with Gasteiger partial charge in [0.25, 0.3) is 5.91 Å². The van der Waals surface area contributed by atoms with Crippen molar-refractivity contribution in [2.24, 2.45) is 0 Å². The highest BCUT2D eigenvalue weighted by atomic mass is 16.2. The van der Waals surface area contributed by atoms with Crippen molar-refractivity contribution in [3.05, 3.63) is 108 Å². The van der Waals surface area contributed by atoms with Crippen molar-refractivity contribution in [2.75, 3.05) is 26.2 Å². The molecule has 2 aromatic carbocycles. The number of amides is 1. The molecule has 0 aliphatic carbocycles. The number of hydrogen-bond donors (Lipinski definition) is 0. The lowest BCUT2D eigenvalue weighted by Crippen LogP contribution is -2.48. The molecule has 0 saturated carbocycles. The second kappa shape index (κ2) is 8.74. The zero-order valence-corrected chi connectivity index (χ0v) is 17.5. The Morgan fingerprint density at radius 1 is 0.839 bits per heavy atom. The van der Waals surface area contributed by atoms with Crippen LogP contribution in [0.1, 0.15) is 27.2 Å². The molecule has 1 aliphatic rings. The summed E-state index contributed by atoms with van der Waals surface area (Å²) in [6, 6.07) is 24.4. The van der Waals surface area contributed by atoms with E-state index in [1.165, 1.54) is 5.56 Å². The third kappa shape index (κ3) is 4.37. The van der Waals surface area contributed by atoms with Crippen LogP contribution in [-0.2, 0) is 13.0 Å². The molecular weight excluding hydrogens is 384 g/mol. The summed E-state index contributed by atoms with van der Waals surface area (Å²) >= 11 is 0. The number of pyridine rings is 1. The van der Waals surface area contributed by atoms with Crippen LogP contribution in [0.5, 0.6) is 0 Å². The van der Waals surface area contributed by atoms with Crippen molar-refractivity contribution in [3.8, 4) is 0 Å². The van der Waals surface area contributed by atoms with Gasteiger partial charge in [-0.1, -0.05) is 54.6 Å². The predicted molar refractivity (Wildman–Crippen MR) is 122 cm³/mol. The van der Waals surface area contributed by atoms with Crippen LogP contribution in [0.4, 0.5) is 0 Å². The average Bonchev–Trinajstić information content (AvgIpc) is 3.22. The Labute approximate surface area is 182 Å². The van der Waals surface area contributed by atoms with Crippen molar-refractivity contribution >= 4 is 11.6 Å². The second-order valence-corrected chi connectivity index (χ2v) is 8.09. The number of carbonyl (C=O) groups excluding carboxylic acids is 1. The molecule has 3 heterocycles. The number of piperazine rings is 1. The van der Waals surface area contributed by atoms with Gasteiger partial charge in [-0.15, -0.1) is 0 Å². The smallest absolute Gasteiger partial charge is 0.254 e. The van der Waals surface area contributed by atoms with Crippen LogP contribution in [0.15, 0.2) is 85.2 Å². The van der Waals surface area contributed by atoms with Gasteiger partial charge in [0.15, 0.2) is 0 Å². The molecular formula is C26H26N4O. The Hall–Kier alpha value is -3.44. The average molecular weight is 411 g/mol. The van der Waals surface area contributed by atoms with E-state index in [0.717, 1.165) is 61.6 Å². The van der Waals surface area contributed by atoms with Gasteiger partial charge in [0.2, 0.25) is 0 Å². The third-order valence-electron chi connectivity index (χ3n) is 5.94. The van der Waals surface area contributed by atoms with Crippen LogP contribution in [0.25, 0.3) is 5.65 Å². The number of hydrogen-bond acceptors (Lipinski definition) is 3. The number of carbonyl (C=O) groups is 1. The van der Waals surface area contributed by atoms with Gasteiger partial charge in [0, 0.05) is 50.7 Å². The van der Waals surface area contributed by atoms with Gasteiger partial charge in [-0.3, -0.25) is 9.69 Å². The molecule has 0 radical (unpaired) electrons. The predicted octanol–water partition coefficient (Wildman–Crippen LogP) is 3.88. The number of imidazole rings is 1. The van der Waals surface area contributed by atoms with Gasteiger partial charge in [-0.2, -0.15) is 0 Å². The molecule has 31 heavy (non-hydrogen) atoms. The summed E-state index contributed by atoms with van der Waals surface area (Å²) in [5.41, 5.74) is 5.17. The fourth-order valence-electron chi connectivity index (χ4n) is 4.27. The topological polar surface area (TPSA) is 40.9 Å². The summed E-state index contributed by atoms with van der Waals surface area (Å²) in [4.78, 5) is 22.4. The molecule has 5 heteroatoms. The van der Waals surface area contributed by atoms with E-state index in [2.05, 4.69) is 33.7 Å². The van der Waals surface area contributed by atoms with Gasteiger partial charge in [-0.05, 0) is 35.7 Å². The molecule has 1 saturated heterocycles. The van der Waals surface area contributed by atoms with Crippen molar-refractivity contribution in [1.29, 1.82) is 0 Å². The Morgan fingerprint density at radius 2 is 1.58 bits per heavy atom. The largest absolute Gasteiger partial charge is 0.336 e. The summed E-state index contributed by atoms with van der Waals surface area (Å²) in [6.45, 7) is 4.02. The SMILES string of the molecule is O=C(c1ccccc1Cc1ccccc1)N1CCN(Cc2cn3ccccc3n2)CC1. The molecule has 0 bridgehead atoms. The Morgan fingerprint density at radius 3 is 2.39 bits per heavy atom. The maximum Gasteiger partial charge on any atom is 0.254 e. The van der Waals surface area contributed by atoms with Crippen molar-refractivity contribution in [2.45, 2.75) is 13.0 Å². The molecule has 4 aromatic rings. The van der Waals surface area contributed by atoms with Gasteiger partial charge in [0.05, 0.1) is 5.69 Å². The zero-order valence-electron chi connectivity index (χ0n) is 17.5. The molecule has 0 N–H and O–H groups in total. The van der Waals surface area contributed by atoms with Crippen LogP contribution >= 0.6 is 0 Å². The first-order chi connectivity index (χ1) is 15.3. The van der Waals surface area contributed by atoms with Crippen molar-refractivity contribution < 1.29 is 4.79 Å². The molecule has 1 fully saturated rings. The first kappa shape index (κ1) is 19.5. The van der Waals surface area contributed by atoms with Crippen LogP contribution in [-0.4, -0.2) is 51.3 Å². The highest BCUT2D eigenvalue weighted by Crippen LogP contribution is 2.18. The number of aromatic nitrogens is 2. The number of rotatable bonds is 5. The Balaban J connectivity index is 1.23. The molecule has 0 spiro atoms. The van der Waals surface area contributed by atoms with E-state index >= 15 is 0 Å². The van der Waals surface area contributed by atoms with Crippen LogP contribution in [0.3, 0.4) is 0 Å². The normalized spacial score (nSPS) is 14.8. The molecule has 1 aliphatic heterocycles. The lowest BCUT2D eigenvalue weighted by atomic mass is 9.99. The third-order valence-corrected chi connectivity index (χ3v) is 5.94. The molecule has 5 rings (SSSR count). The van der Waals surface area contributed by atoms with Gasteiger partial charge < -0.3 is 9.30 Å². The molecule has 5 nitrogen and oxygen atoms in total. The van der Waals surface area contributed by atoms with Crippen LogP contribution in [0.2, 0.25) is 0 Å². The van der Waals surface area contributed by atoms with Crippen molar-refractivity contribution in [3.63, 3.8) is 0 Å². The molecule has 156 valence electrons. The summed E-state index contributed by atoms with van der Waals surface area (Å²) in [6.07, 6.45) is 4.89. The molecule has 2 aromatic heterocycles. The quantitative estimate of drug-likeness (QED) is 0.501. The highest BCUT2D eigenvalue weighted by molar-refractivity contribution is 5.95. The first-order valence-electron chi connectivity index (χ1n) is 10.8. The van der Waals surface area contributed by atoms with Crippen molar-refractivity contribution in [1.82, 2.24) is 19.2 Å². The Kier molecular flexibility index (Phi) is 5.50. The standard InChI is InChI=1S/C26H26N4O/c31-26(24-11-5-4-10-22(24)18-21-8-2-1-3-9-21)29-16-14-28(15-17-29)19-23-20-30-13-7-6-12-25(30)27-23/h1-13,20H,14-19H2. The summed E-state index contributed by atoms with van der Waals surface area (Å²) in [5, 5.41) is 0. The van der Waals surface area contributed by atoms with E-state index in [0.29, 0.717) is 0 Å². The fourth-order valence-corrected chi connectivity index (χ4v) is 4.27. The van der Waals surface area contributed by atoms with E-state index in [9.17, 15) is 4.79 Å². The molecule has 0 atom stereocenters. The van der Waals surface area contributed by atoms with Gasteiger partial charge >= 0.3 is 0 Å². The van der Waals surface area contributed by atoms with E-state index in [1.807, 2.05) is 65.7 Å². The van der Waals surface area contributed by atoms with Crippen LogP contribution < -0.4 is 0 Å². The van der Waals surface area contributed by atoms with E-state index in [-0.39, 0.29) is 5.91 Å². The number of nitrogens with zero attached hydrogens (tertiary/aromatic N) is 4. The Bertz CT molecular complexity index is 1140. The minimum Gasteiger partial charge on any atom is -0.336 e. The van der Waals surface area contributed by atoms with E-state index in [4.69, 9.17) is 4.98 Å². The number of fused-ring (bicyclic) bond motifs is 1. The maximum atomic E-state index is 13.3. The van der Waals surface area contributed by atoms with Gasteiger partial charge in [-0.25, -0.2) is 4.98 Å². The monoisotopic (exact) mass is 410 g/mol. The van der Waals surface area contributed by atoms with E-state index in [1.54, 1.807) is 0 Å². The van der Waals surface area contributed by atoms with Crippen LogP contribution in [0, 0.1) is 0 Å². The molecule has 1 amide bonds. The molecule has 0 unspecified atom stereocenters. The minimum atomic E-state index is 0.138. The zero-order chi connectivity index (χ0) is 21.0. The van der Waals surface area contributed by atoms with Gasteiger partial charge in [0.1, 0.15) is 5.65 Å². The minimum absolute atomic E-state index is 0.138. The lowest BCUT2D eigenvalue weighted by molar-refractivity contribution is 0.0626. The summed E-state index contributed by atoms with van der Waals surface area (Å²) < 4.78 is 2.05. The maximum absolute atomic E-state index is 13.3. The lowest BCUT2D eigenvalue weighted by Gasteiger charge is -2.34. The fraction of sp³-hybridized carbons (Fsp3) is 0.231. The highest BCUT2D eigenvalue weighted by Gasteiger charge is 2.24. The second-order valence-electron chi connectivity index (χ2n) is 8.09. The van der Waals surface area contributed by atoms with E-state index < -0.39 is 0 Å². The summed E-state index contributed by atoms with van der Waals surface area (Å²) in [5.74, 6) is 0.138. The summed E-state index contributed by atoms with van der Waals surface area (Å²) in [7, 11) is 0.